The van der Waals surface area contributed by atoms with Crippen molar-refractivity contribution < 1.29 is 14.3 Å². The van der Waals surface area contributed by atoms with E-state index >= 15 is 0 Å². The van der Waals surface area contributed by atoms with Gasteiger partial charge in [0.2, 0.25) is 0 Å². The van der Waals surface area contributed by atoms with E-state index in [2.05, 4.69) is 6.07 Å². The first-order valence-corrected chi connectivity index (χ1v) is 11.1. The van der Waals surface area contributed by atoms with Crippen LogP contribution in [0.25, 0.3) is 0 Å². The minimum Gasteiger partial charge on any atom is -0.465 e. The Morgan fingerprint density at radius 2 is 1.90 bits per heavy atom. The molecule has 1 saturated heterocycles. The summed E-state index contributed by atoms with van der Waals surface area (Å²) in [6, 6.07) is 15.2. The first kappa shape index (κ1) is 21.7. The molecule has 0 atom stereocenters. The van der Waals surface area contributed by atoms with E-state index in [0.717, 1.165) is 36.4 Å². The fraction of sp³-hybridized carbons (Fsp3) is 0.417. The van der Waals surface area contributed by atoms with Crippen molar-refractivity contribution in [1.82, 2.24) is 4.90 Å². The van der Waals surface area contributed by atoms with Gasteiger partial charge < -0.3 is 15.4 Å². The van der Waals surface area contributed by atoms with Gasteiger partial charge in [0.25, 0.3) is 0 Å². The number of nitrogens with zero attached hydrogens (tertiary/aromatic N) is 2. The van der Waals surface area contributed by atoms with Gasteiger partial charge in [-0.05, 0) is 61.6 Å². The lowest BCUT2D eigenvalue weighted by Gasteiger charge is -2.42. The van der Waals surface area contributed by atoms with E-state index in [4.69, 9.17) is 22.1 Å². The van der Waals surface area contributed by atoms with E-state index in [1.807, 2.05) is 29.2 Å². The lowest BCUT2D eigenvalue weighted by molar-refractivity contribution is 0.0600. The second-order valence-electron chi connectivity index (χ2n) is 8.40. The summed E-state index contributed by atoms with van der Waals surface area (Å²) in [6.45, 7) is 1.86. The van der Waals surface area contributed by atoms with Gasteiger partial charge in [-0.25, -0.2) is 9.59 Å². The molecule has 6 nitrogen and oxygen atoms in total. The Labute approximate surface area is 187 Å². The SMILES string of the molecule is COC(=O)c1cccc(N2CCN(C3CCC(CN)(c4cccc(Cl)c4)CC3)C2=O)c1. The first-order chi connectivity index (χ1) is 15.0. The van der Waals surface area contributed by atoms with Crippen molar-refractivity contribution in [3.8, 4) is 0 Å². The predicted molar refractivity (Wildman–Crippen MR) is 122 cm³/mol. The van der Waals surface area contributed by atoms with E-state index in [1.165, 1.54) is 12.7 Å². The number of carbonyl (C=O) groups excluding carboxylic acids is 2. The van der Waals surface area contributed by atoms with Crippen molar-refractivity contribution >= 4 is 29.3 Å². The van der Waals surface area contributed by atoms with Gasteiger partial charge in [0.05, 0.1) is 12.7 Å². The predicted octanol–water partition coefficient (Wildman–Crippen LogP) is 4.21. The summed E-state index contributed by atoms with van der Waals surface area (Å²) in [5.41, 5.74) is 8.50. The average Bonchev–Trinajstić information content (AvgIpc) is 3.20. The van der Waals surface area contributed by atoms with Crippen molar-refractivity contribution in [1.29, 1.82) is 0 Å². The Morgan fingerprint density at radius 1 is 1.16 bits per heavy atom. The number of urea groups is 1. The van der Waals surface area contributed by atoms with Gasteiger partial charge in [-0.2, -0.15) is 0 Å². The second-order valence-corrected chi connectivity index (χ2v) is 8.83. The number of carbonyl (C=O) groups is 2. The molecule has 1 aliphatic carbocycles. The molecule has 0 aromatic heterocycles. The Kier molecular flexibility index (Phi) is 6.21. The third kappa shape index (κ3) is 4.14. The summed E-state index contributed by atoms with van der Waals surface area (Å²) in [6.07, 6.45) is 3.67. The fourth-order valence-corrected chi connectivity index (χ4v) is 5.14. The molecule has 164 valence electrons. The molecule has 2 aliphatic rings. The lowest BCUT2D eigenvalue weighted by atomic mass is 9.68. The number of amides is 2. The van der Waals surface area contributed by atoms with E-state index in [0.29, 0.717) is 25.2 Å². The van der Waals surface area contributed by atoms with Crippen LogP contribution in [-0.4, -0.2) is 49.7 Å². The van der Waals surface area contributed by atoms with Crippen LogP contribution in [0, 0.1) is 0 Å². The number of methoxy groups -OCH3 is 1. The van der Waals surface area contributed by atoms with Gasteiger partial charge in [-0.1, -0.05) is 29.8 Å². The molecular formula is C24H28ClN3O3. The molecule has 1 saturated carbocycles. The molecular weight excluding hydrogens is 414 g/mol. The highest BCUT2D eigenvalue weighted by Gasteiger charge is 2.41. The monoisotopic (exact) mass is 441 g/mol. The number of esters is 1. The number of rotatable bonds is 5. The molecule has 4 rings (SSSR count). The number of halogens is 1. The van der Waals surface area contributed by atoms with E-state index < -0.39 is 5.97 Å². The van der Waals surface area contributed by atoms with Crippen LogP contribution in [0.3, 0.4) is 0 Å². The van der Waals surface area contributed by atoms with Crippen LogP contribution in [0.2, 0.25) is 5.02 Å². The van der Waals surface area contributed by atoms with Gasteiger partial charge in [-0.15, -0.1) is 0 Å². The van der Waals surface area contributed by atoms with Crippen LogP contribution in [0.15, 0.2) is 48.5 Å². The number of anilines is 1. The van der Waals surface area contributed by atoms with Crippen molar-refractivity contribution in [2.24, 2.45) is 5.73 Å². The quantitative estimate of drug-likeness (QED) is 0.705. The van der Waals surface area contributed by atoms with E-state index in [1.54, 1.807) is 23.1 Å². The van der Waals surface area contributed by atoms with Gasteiger partial charge in [-0.3, -0.25) is 4.90 Å². The maximum absolute atomic E-state index is 13.2. The molecule has 1 heterocycles. The highest BCUT2D eigenvalue weighted by atomic mass is 35.5. The summed E-state index contributed by atoms with van der Waals surface area (Å²) >= 11 is 6.22. The van der Waals surface area contributed by atoms with Crippen LogP contribution >= 0.6 is 11.6 Å². The maximum Gasteiger partial charge on any atom is 0.337 e. The fourth-order valence-electron chi connectivity index (χ4n) is 4.95. The second kappa shape index (κ2) is 8.89. The van der Waals surface area contributed by atoms with Crippen LogP contribution in [0.4, 0.5) is 10.5 Å². The molecule has 0 radical (unpaired) electrons. The van der Waals surface area contributed by atoms with E-state index in [9.17, 15) is 9.59 Å². The van der Waals surface area contributed by atoms with Crippen LogP contribution < -0.4 is 10.6 Å². The standard InChI is InChI=1S/C24H28ClN3O3/c1-31-22(29)17-4-2-7-21(14-17)28-13-12-27(23(28)30)20-8-10-24(16-26,11-9-20)18-5-3-6-19(25)15-18/h2-7,14-15,20H,8-13,16,26H2,1H3. The molecule has 0 bridgehead atoms. The van der Waals surface area contributed by atoms with Gasteiger partial charge >= 0.3 is 12.0 Å². The number of ether oxygens (including phenoxy) is 1. The molecule has 1 aliphatic heterocycles. The molecule has 2 aromatic rings. The highest BCUT2D eigenvalue weighted by molar-refractivity contribution is 6.30. The third-order valence-electron chi connectivity index (χ3n) is 6.80. The Morgan fingerprint density at radius 3 is 2.58 bits per heavy atom. The summed E-state index contributed by atoms with van der Waals surface area (Å²) < 4.78 is 4.80. The zero-order valence-electron chi connectivity index (χ0n) is 17.7. The average molecular weight is 442 g/mol. The summed E-state index contributed by atoms with van der Waals surface area (Å²) in [4.78, 5) is 28.8. The van der Waals surface area contributed by atoms with Crippen LogP contribution in [0.1, 0.15) is 41.6 Å². The van der Waals surface area contributed by atoms with Gasteiger partial charge in [0.15, 0.2) is 0 Å². The molecule has 31 heavy (non-hydrogen) atoms. The number of hydrogen-bond acceptors (Lipinski definition) is 4. The Balaban J connectivity index is 1.45. The molecule has 2 fully saturated rings. The first-order valence-electron chi connectivity index (χ1n) is 10.7. The van der Waals surface area contributed by atoms with Crippen molar-refractivity contribution in [2.45, 2.75) is 37.1 Å². The topological polar surface area (TPSA) is 75.9 Å². The Hall–Kier alpha value is -2.57. The van der Waals surface area contributed by atoms with Gasteiger partial charge in [0.1, 0.15) is 0 Å². The normalized spacial score (nSPS) is 23.8. The van der Waals surface area contributed by atoms with Gasteiger partial charge in [0, 0.05) is 41.8 Å². The summed E-state index contributed by atoms with van der Waals surface area (Å²) in [5.74, 6) is -0.406. The minimum atomic E-state index is -0.406. The number of nitrogens with two attached hydrogens (primary N) is 1. The lowest BCUT2D eigenvalue weighted by Crippen LogP contribution is -2.46. The zero-order valence-corrected chi connectivity index (χ0v) is 18.5. The smallest absolute Gasteiger partial charge is 0.337 e. The third-order valence-corrected chi connectivity index (χ3v) is 7.04. The largest absolute Gasteiger partial charge is 0.465 e. The summed E-state index contributed by atoms with van der Waals surface area (Å²) in [5, 5.41) is 0.729. The van der Waals surface area contributed by atoms with Crippen molar-refractivity contribution in [3.05, 3.63) is 64.7 Å². The highest BCUT2D eigenvalue weighted by Crippen LogP contribution is 2.41. The summed E-state index contributed by atoms with van der Waals surface area (Å²) in [7, 11) is 1.35. The number of hydrogen-bond donors (Lipinski definition) is 1. The molecule has 7 heteroatoms. The molecule has 0 spiro atoms. The molecule has 2 N–H and O–H groups in total. The van der Waals surface area contributed by atoms with Crippen molar-refractivity contribution in [3.63, 3.8) is 0 Å². The van der Waals surface area contributed by atoms with E-state index in [-0.39, 0.29) is 17.5 Å². The maximum atomic E-state index is 13.2. The molecule has 2 amide bonds. The Bertz CT molecular complexity index is 972. The van der Waals surface area contributed by atoms with Crippen LogP contribution in [-0.2, 0) is 10.2 Å². The minimum absolute atomic E-state index is 0.00461. The van der Waals surface area contributed by atoms with Crippen molar-refractivity contribution in [2.75, 3.05) is 31.6 Å². The molecule has 2 aromatic carbocycles. The number of benzene rings is 2. The molecule has 0 unspecified atom stereocenters. The zero-order chi connectivity index (χ0) is 22.0. The van der Waals surface area contributed by atoms with Crippen LogP contribution in [0.5, 0.6) is 0 Å².